The number of hydrogen-bond donors (Lipinski definition) is 2. The van der Waals surface area contributed by atoms with E-state index in [0.717, 1.165) is 53.4 Å². The molecule has 0 saturated carbocycles. The van der Waals surface area contributed by atoms with Gasteiger partial charge in [0.2, 0.25) is 5.13 Å². The normalized spacial score (nSPS) is 18.4. The molecule has 1 fully saturated rings. The third-order valence-electron chi connectivity index (χ3n) is 3.30. The molecule has 20 heavy (non-hydrogen) atoms. The van der Waals surface area contributed by atoms with Gasteiger partial charge in [0.1, 0.15) is 16.6 Å². The molecule has 3 rings (SSSR count). The van der Waals surface area contributed by atoms with E-state index in [1.165, 1.54) is 0 Å². The molecule has 1 aliphatic rings. The van der Waals surface area contributed by atoms with E-state index < -0.39 is 0 Å². The summed E-state index contributed by atoms with van der Waals surface area (Å²) in [5.41, 5.74) is 0.977. The molecule has 1 aliphatic heterocycles. The molecule has 0 bridgehead atoms. The van der Waals surface area contributed by atoms with E-state index in [2.05, 4.69) is 37.7 Å². The Balaban J connectivity index is 1.81. The standard InChI is InChI=1S/C13H18N6S/c1-3-11-18-19-13(20-11)17-10-6-8(2)15-12(16-10)9-4-5-14-7-9/h6,9,14H,3-5,7H2,1-2H3,(H,15,16,17,19)/t9-/m1/s1. The summed E-state index contributed by atoms with van der Waals surface area (Å²) in [5.74, 6) is 2.13. The van der Waals surface area contributed by atoms with Gasteiger partial charge in [0.15, 0.2) is 0 Å². The molecule has 2 aromatic heterocycles. The quantitative estimate of drug-likeness (QED) is 0.897. The van der Waals surface area contributed by atoms with Crippen molar-refractivity contribution in [2.75, 3.05) is 18.4 Å². The Morgan fingerprint density at radius 3 is 3.00 bits per heavy atom. The van der Waals surface area contributed by atoms with Gasteiger partial charge in [-0.2, -0.15) is 0 Å². The van der Waals surface area contributed by atoms with Crippen molar-refractivity contribution in [1.29, 1.82) is 0 Å². The predicted molar refractivity (Wildman–Crippen MR) is 79.6 cm³/mol. The zero-order chi connectivity index (χ0) is 13.9. The van der Waals surface area contributed by atoms with Gasteiger partial charge in [-0.25, -0.2) is 9.97 Å². The summed E-state index contributed by atoms with van der Waals surface area (Å²) < 4.78 is 0. The lowest BCUT2D eigenvalue weighted by molar-refractivity contribution is 0.698. The third kappa shape index (κ3) is 2.94. The lowest BCUT2D eigenvalue weighted by atomic mass is 10.1. The first-order valence-electron chi connectivity index (χ1n) is 6.90. The van der Waals surface area contributed by atoms with Gasteiger partial charge in [0.25, 0.3) is 0 Å². The summed E-state index contributed by atoms with van der Waals surface area (Å²) in [4.78, 5) is 9.18. The largest absolute Gasteiger partial charge is 0.316 e. The van der Waals surface area contributed by atoms with Crippen LogP contribution in [0.2, 0.25) is 0 Å². The molecule has 0 aromatic carbocycles. The van der Waals surface area contributed by atoms with Gasteiger partial charge in [-0.1, -0.05) is 18.3 Å². The maximum atomic E-state index is 4.62. The van der Waals surface area contributed by atoms with Crippen LogP contribution < -0.4 is 10.6 Å². The van der Waals surface area contributed by atoms with E-state index >= 15 is 0 Å². The number of nitrogens with one attached hydrogen (secondary N) is 2. The minimum absolute atomic E-state index is 0.413. The summed E-state index contributed by atoms with van der Waals surface area (Å²) in [5, 5.41) is 16.6. The molecule has 3 heterocycles. The van der Waals surface area contributed by atoms with Crippen molar-refractivity contribution >= 4 is 22.3 Å². The molecule has 0 unspecified atom stereocenters. The topological polar surface area (TPSA) is 75.6 Å². The lowest BCUT2D eigenvalue weighted by Gasteiger charge is -2.10. The van der Waals surface area contributed by atoms with Gasteiger partial charge in [0.05, 0.1) is 0 Å². The fraction of sp³-hybridized carbons (Fsp3) is 0.538. The molecule has 7 heteroatoms. The van der Waals surface area contributed by atoms with E-state index in [9.17, 15) is 0 Å². The van der Waals surface area contributed by atoms with Gasteiger partial charge >= 0.3 is 0 Å². The second kappa shape index (κ2) is 5.80. The summed E-state index contributed by atoms with van der Waals surface area (Å²) in [7, 11) is 0. The zero-order valence-corrected chi connectivity index (χ0v) is 12.5. The first kappa shape index (κ1) is 13.4. The molecule has 0 radical (unpaired) electrons. The molecule has 1 saturated heterocycles. The molecular weight excluding hydrogens is 272 g/mol. The molecule has 2 aromatic rings. The van der Waals surface area contributed by atoms with Crippen molar-refractivity contribution < 1.29 is 0 Å². The molecule has 0 amide bonds. The fourth-order valence-corrected chi connectivity index (χ4v) is 2.96. The zero-order valence-electron chi connectivity index (χ0n) is 11.7. The summed E-state index contributed by atoms with van der Waals surface area (Å²) in [6, 6.07) is 1.94. The van der Waals surface area contributed by atoms with Crippen molar-refractivity contribution in [2.24, 2.45) is 0 Å². The predicted octanol–water partition coefficient (Wildman–Crippen LogP) is 2.02. The summed E-state index contributed by atoms with van der Waals surface area (Å²) in [6.07, 6.45) is 2.00. The van der Waals surface area contributed by atoms with E-state index in [0.29, 0.717) is 5.92 Å². The van der Waals surface area contributed by atoms with Gasteiger partial charge in [0, 0.05) is 24.2 Å². The van der Waals surface area contributed by atoms with E-state index in [4.69, 9.17) is 0 Å². The minimum Gasteiger partial charge on any atom is -0.316 e. The smallest absolute Gasteiger partial charge is 0.211 e. The Morgan fingerprint density at radius 1 is 1.40 bits per heavy atom. The first-order valence-corrected chi connectivity index (χ1v) is 7.72. The Labute approximate surface area is 122 Å². The highest BCUT2D eigenvalue weighted by molar-refractivity contribution is 7.15. The van der Waals surface area contributed by atoms with Crippen LogP contribution in [0.1, 0.15) is 35.8 Å². The second-order valence-electron chi connectivity index (χ2n) is 4.92. The number of aromatic nitrogens is 4. The van der Waals surface area contributed by atoms with Crippen LogP contribution in [0, 0.1) is 6.92 Å². The molecule has 106 valence electrons. The van der Waals surface area contributed by atoms with Gasteiger partial charge in [-0.15, -0.1) is 10.2 Å². The Hall–Kier alpha value is -1.60. The number of aryl methyl sites for hydroxylation is 2. The van der Waals surface area contributed by atoms with Gasteiger partial charge < -0.3 is 10.6 Å². The number of hydrogen-bond acceptors (Lipinski definition) is 7. The highest BCUT2D eigenvalue weighted by Gasteiger charge is 2.20. The molecule has 0 aliphatic carbocycles. The van der Waals surface area contributed by atoms with Gasteiger partial charge in [-0.05, 0) is 26.3 Å². The van der Waals surface area contributed by atoms with Crippen LogP contribution in [-0.4, -0.2) is 33.3 Å². The SMILES string of the molecule is CCc1nnc(Nc2cc(C)nc([C@@H]3CCNC3)n2)s1. The molecule has 1 atom stereocenters. The van der Waals surface area contributed by atoms with Crippen LogP contribution in [0.3, 0.4) is 0 Å². The molecule has 6 nitrogen and oxygen atoms in total. The van der Waals surface area contributed by atoms with Crippen LogP contribution in [-0.2, 0) is 6.42 Å². The highest BCUT2D eigenvalue weighted by Crippen LogP contribution is 2.23. The lowest BCUT2D eigenvalue weighted by Crippen LogP contribution is -2.11. The summed E-state index contributed by atoms with van der Waals surface area (Å²) >= 11 is 1.57. The monoisotopic (exact) mass is 290 g/mol. The second-order valence-corrected chi connectivity index (χ2v) is 5.98. The minimum atomic E-state index is 0.413. The average Bonchev–Trinajstić information content (AvgIpc) is 3.09. The van der Waals surface area contributed by atoms with Crippen LogP contribution >= 0.6 is 11.3 Å². The van der Waals surface area contributed by atoms with E-state index in [-0.39, 0.29) is 0 Å². The maximum absolute atomic E-state index is 4.62. The Bertz CT molecular complexity index is 590. The number of rotatable bonds is 4. The van der Waals surface area contributed by atoms with Crippen molar-refractivity contribution in [3.05, 3.63) is 22.6 Å². The Morgan fingerprint density at radius 2 is 2.30 bits per heavy atom. The fourth-order valence-electron chi connectivity index (χ4n) is 2.27. The van der Waals surface area contributed by atoms with Gasteiger partial charge in [-0.3, -0.25) is 0 Å². The van der Waals surface area contributed by atoms with Crippen LogP contribution in [0.25, 0.3) is 0 Å². The van der Waals surface area contributed by atoms with Crippen molar-refractivity contribution in [3.8, 4) is 0 Å². The Kier molecular flexibility index (Phi) is 3.88. The third-order valence-corrected chi connectivity index (χ3v) is 4.28. The molecular formula is C13H18N6S. The van der Waals surface area contributed by atoms with Crippen molar-refractivity contribution in [2.45, 2.75) is 32.6 Å². The average molecular weight is 290 g/mol. The molecule has 2 N–H and O–H groups in total. The van der Waals surface area contributed by atoms with Crippen molar-refractivity contribution in [3.63, 3.8) is 0 Å². The first-order chi connectivity index (χ1) is 9.74. The van der Waals surface area contributed by atoms with Crippen LogP contribution in [0.15, 0.2) is 6.07 Å². The molecule has 0 spiro atoms. The van der Waals surface area contributed by atoms with Crippen LogP contribution in [0.4, 0.5) is 10.9 Å². The maximum Gasteiger partial charge on any atom is 0.211 e. The van der Waals surface area contributed by atoms with Crippen LogP contribution in [0.5, 0.6) is 0 Å². The van der Waals surface area contributed by atoms with Crippen molar-refractivity contribution in [1.82, 2.24) is 25.5 Å². The number of nitrogens with zero attached hydrogens (tertiary/aromatic N) is 4. The number of anilines is 2. The summed E-state index contributed by atoms with van der Waals surface area (Å²) in [6.45, 7) is 6.07. The van der Waals surface area contributed by atoms with E-state index in [1.807, 2.05) is 13.0 Å². The van der Waals surface area contributed by atoms with E-state index in [1.54, 1.807) is 11.3 Å². The highest BCUT2D eigenvalue weighted by atomic mass is 32.1.